The molecule has 3 aromatic rings. The van der Waals surface area contributed by atoms with E-state index in [1.165, 1.54) is 21.6 Å². The van der Waals surface area contributed by atoms with Gasteiger partial charge in [-0.2, -0.15) is 13.2 Å². The van der Waals surface area contributed by atoms with Crippen molar-refractivity contribution in [2.24, 2.45) is 5.92 Å². The van der Waals surface area contributed by atoms with Crippen LogP contribution in [0.15, 0.2) is 41.3 Å². The van der Waals surface area contributed by atoms with Crippen LogP contribution in [0.5, 0.6) is 0 Å². The Balaban J connectivity index is 1.61. The zero-order valence-electron chi connectivity index (χ0n) is 15.5. The van der Waals surface area contributed by atoms with Crippen molar-refractivity contribution in [1.82, 2.24) is 13.9 Å². The van der Waals surface area contributed by atoms with Gasteiger partial charge in [-0.25, -0.2) is 4.39 Å². The number of amides is 1. The van der Waals surface area contributed by atoms with Crippen molar-refractivity contribution in [3.05, 3.63) is 52.7 Å². The molecule has 0 bridgehead atoms. The van der Waals surface area contributed by atoms with E-state index in [2.05, 4.69) is 0 Å². The molecule has 3 heterocycles. The number of hydrogen-bond acceptors (Lipinski definition) is 2. The summed E-state index contributed by atoms with van der Waals surface area (Å²) in [6, 6.07) is 7.38. The van der Waals surface area contributed by atoms with Gasteiger partial charge >= 0.3 is 6.18 Å². The lowest BCUT2D eigenvalue weighted by atomic mass is 9.97. The summed E-state index contributed by atoms with van der Waals surface area (Å²) in [6.45, 7) is -0.121. The number of hydrogen-bond donors (Lipinski definition) is 0. The number of rotatable bonds is 3. The van der Waals surface area contributed by atoms with Crippen molar-refractivity contribution in [1.29, 1.82) is 0 Å². The number of fused-ring (bicyclic) bond motifs is 3. The van der Waals surface area contributed by atoms with E-state index in [1.54, 1.807) is 28.8 Å². The number of piperidine rings is 1. The summed E-state index contributed by atoms with van der Waals surface area (Å²) in [4.78, 5) is 26.6. The first-order valence-corrected chi connectivity index (χ1v) is 9.39. The Morgan fingerprint density at radius 2 is 1.93 bits per heavy atom. The predicted octanol–water partition coefficient (Wildman–Crippen LogP) is 3.58. The van der Waals surface area contributed by atoms with Crippen LogP contribution in [0.25, 0.3) is 16.6 Å². The molecule has 0 saturated carbocycles. The molecule has 1 unspecified atom stereocenters. The molecule has 1 fully saturated rings. The van der Waals surface area contributed by atoms with Crippen molar-refractivity contribution in [3.8, 4) is 0 Å². The maximum absolute atomic E-state index is 13.8. The smallest absolute Gasteiger partial charge is 0.342 e. The maximum atomic E-state index is 13.8. The number of aromatic nitrogens is 2. The van der Waals surface area contributed by atoms with Crippen LogP contribution in [-0.4, -0.2) is 39.0 Å². The Hall–Kier alpha value is -2.84. The fraction of sp³-hybridized carbons (Fsp3) is 0.400. The first-order chi connectivity index (χ1) is 13.8. The van der Waals surface area contributed by atoms with Crippen LogP contribution in [-0.2, 0) is 11.3 Å². The molecule has 0 N–H and O–H groups in total. The molecule has 0 aliphatic carbocycles. The highest BCUT2D eigenvalue weighted by molar-refractivity contribution is 5.80. The average Bonchev–Trinajstić information content (AvgIpc) is 3.17. The zero-order chi connectivity index (χ0) is 20.8. The summed E-state index contributed by atoms with van der Waals surface area (Å²) in [5, 5.41) is 0. The quantitative estimate of drug-likeness (QED) is 0.621. The monoisotopic (exact) mass is 409 g/mol. The van der Waals surface area contributed by atoms with E-state index >= 15 is 0 Å². The Labute approximate surface area is 163 Å². The summed E-state index contributed by atoms with van der Waals surface area (Å²) >= 11 is 0. The van der Waals surface area contributed by atoms with Crippen LogP contribution in [0.3, 0.4) is 0 Å². The highest BCUT2D eigenvalue weighted by Crippen LogP contribution is 2.33. The van der Waals surface area contributed by atoms with Crippen molar-refractivity contribution in [2.45, 2.75) is 32.0 Å². The molecule has 1 saturated heterocycles. The molecule has 1 aliphatic rings. The van der Waals surface area contributed by atoms with Crippen LogP contribution >= 0.6 is 0 Å². The first kappa shape index (κ1) is 19.5. The molecule has 4 rings (SSSR count). The van der Waals surface area contributed by atoms with E-state index in [4.69, 9.17) is 0 Å². The van der Waals surface area contributed by atoms with Crippen LogP contribution in [0.1, 0.15) is 19.3 Å². The lowest BCUT2D eigenvalue weighted by molar-refractivity contribution is -0.188. The highest BCUT2D eigenvalue weighted by atomic mass is 19.4. The van der Waals surface area contributed by atoms with Crippen LogP contribution < -0.4 is 5.56 Å². The van der Waals surface area contributed by atoms with Gasteiger partial charge in [0.05, 0.1) is 17.0 Å². The van der Waals surface area contributed by atoms with E-state index in [9.17, 15) is 27.2 Å². The summed E-state index contributed by atoms with van der Waals surface area (Å²) in [6.07, 6.45) is -2.46. The van der Waals surface area contributed by atoms with Gasteiger partial charge in [0.15, 0.2) is 0 Å². The number of carbonyl (C=O) groups excluding carboxylic acids is 1. The second kappa shape index (κ2) is 7.20. The van der Waals surface area contributed by atoms with Gasteiger partial charge in [0.2, 0.25) is 5.91 Å². The van der Waals surface area contributed by atoms with Crippen molar-refractivity contribution < 1.29 is 22.4 Å². The highest BCUT2D eigenvalue weighted by Gasteiger charge is 2.42. The Morgan fingerprint density at radius 3 is 2.69 bits per heavy atom. The molecule has 1 aromatic carbocycles. The van der Waals surface area contributed by atoms with Gasteiger partial charge in [-0.15, -0.1) is 0 Å². The fourth-order valence-corrected chi connectivity index (χ4v) is 3.99. The minimum atomic E-state index is -4.33. The van der Waals surface area contributed by atoms with E-state index in [0.29, 0.717) is 23.0 Å². The summed E-state index contributed by atoms with van der Waals surface area (Å²) < 4.78 is 55.7. The molecule has 1 amide bonds. The zero-order valence-corrected chi connectivity index (χ0v) is 15.5. The summed E-state index contributed by atoms with van der Waals surface area (Å²) in [5.74, 6) is -2.48. The average molecular weight is 409 g/mol. The molecular weight excluding hydrogens is 390 g/mol. The molecule has 2 aromatic heterocycles. The summed E-state index contributed by atoms with van der Waals surface area (Å²) in [5.41, 5.74) is 0.936. The van der Waals surface area contributed by atoms with Crippen molar-refractivity contribution in [2.75, 3.05) is 13.1 Å². The molecule has 29 heavy (non-hydrogen) atoms. The number of likely N-dealkylation sites (tertiary alicyclic amines) is 1. The second-order valence-electron chi connectivity index (χ2n) is 7.32. The minimum absolute atomic E-state index is 0.0154. The first-order valence-electron chi connectivity index (χ1n) is 9.39. The molecule has 1 aliphatic heterocycles. The SMILES string of the molecule is O=C(CCn1c(=O)c2cccn2c2ccc(F)cc21)N1CCCC(C(F)(F)F)C1. The van der Waals surface area contributed by atoms with Gasteiger partial charge in [0.25, 0.3) is 5.56 Å². The van der Waals surface area contributed by atoms with E-state index in [0.717, 1.165) is 0 Å². The Morgan fingerprint density at radius 1 is 1.14 bits per heavy atom. The molecule has 0 spiro atoms. The van der Waals surface area contributed by atoms with Crippen molar-refractivity contribution in [3.63, 3.8) is 0 Å². The number of aryl methyl sites for hydroxylation is 1. The van der Waals surface area contributed by atoms with E-state index < -0.39 is 23.8 Å². The largest absolute Gasteiger partial charge is 0.393 e. The fourth-order valence-electron chi connectivity index (χ4n) is 3.99. The topological polar surface area (TPSA) is 46.7 Å². The summed E-state index contributed by atoms with van der Waals surface area (Å²) in [7, 11) is 0. The van der Waals surface area contributed by atoms with Crippen LogP contribution in [0.4, 0.5) is 17.6 Å². The van der Waals surface area contributed by atoms with Gasteiger partial charge < -0.3 is 13.9 Å². The number of halogens is 4. The normalized spacial score (nSPS) is 17.9. The minimum Gasteiger partial charge on any atom is -0.342 e. The number of benzene rings is 1. The molecule has 1 atom stereocenters. The molecule has 154 valence electrons. The number of nitrogens with zero attached hydrogens (tertiary/aromatic N) is 3. The van der Waals surface area contributed by atoms with E-state index in [1.807, 2.05) is 0 Å². The molecule has 9 heteroatoms. The van der Waals surface area contributed by atoms with Gasteiger partial charge in [0, 0.05) is 32.3 Å². The Kier molecular flexibility index (Phi) is 4.84. The molecular formula is C20H19F4N3O2. The van der Waals surface area contributed by atoms with Gasteiger partial charge in [-0.3, -0.25) is 9.59 Å². The van der Waals surface area contributed by atoms with Crippen LogP contribution in [0, 0.1) is 11.7 Å². The number of carbonyl (C=O) groups is 1. The second-order valence-corrected chi connectivity index (χ2v) is 7.32. The Bertz CT molecular complexity index is 1130. The third-order valence-corrected chi connectivity index (χ3v) is 5.49. The molecule has 0 radical (unpaired) electrons. The number of alkyl halides is 3. The van der Waals surface area contributed by atoms with Gasteiger partial charge in [0.1, 0.15) is 11.3 Å². The molecule has 5 nitrogen and oxygen atoms in total. The van der Waals surface area contributed by atoms with E-state index in [-0.39, 0.29) is 38.0 Å². The third-order valence-electron chi connectivity index (χ3n) is 5.49. The third kappa shape index (κ3) is 3.61. The standard InChI is InChI=1S/C20H19F4N3O2/c21-14-5-6-15-17(11-14)27(19(29)16-4-2-9-26(15)16)10-7-18(28)25-8-1-3-13(12-25)20(22,23)24/h2,4-6,9,11,13H,1,3,7-8,10,12H2. The maximum Gasteiger partial charge on any atom is 0.393 e. The van der Waals surface area contributed by atoms with Crippen LogP contribution in [0.2, 0.25) is 0 Å². The lowest BCUT2D eigenvalue weighted by Crippen LogP contribution is -2.45. The van der Waals surface area contributed by atoms with Crippen molar-refractivity contribution >= 4 is 22.5 Å². The predicted molar refractivity (Wildman–Crippen MR) is 99.1 cm³/mol. The van der Waals surface area contributed by atoms with Gasteiger partial charge in [-0.05, 0) is 43.2 Å². The lowest BCUT2D eigenvalue weighted by Gasteiger charge is -2.33. The van der Waals surface area contributed by atoms with Gasteiger partial charge in [-0.1, -0.05) is 0 Å².